The summed E-state index contributed by atoms with van der Waals surface area (Å²) in [6.45, 7) is 0.573. The number of ether oxygens (including phenoxy) is 3. The molecule has 0 aromatic rings. The SMILES string of the molecule is CC(=O)O[C@H]([C@H](OC(C)=O)[C@@H](F)CF)[C@@H](CO)OC(C)=O. The van der Waals surface area contributed by atoms with Crippen LogP contribution < -0.4 is 0 Å². The molecule has 0 saturated carbocycles. The van der Waals surface area contributed by atoms with E-state index in [0.717, 1.165) is 20.8 Å². The molecule has 0 aromatic heterocycles. The second kappa shape index (κ2) is 9.22. The molecule has 1 N–H and O–H groups in total. The van der Waals surface area contributed by atoms with Gasteiger partial charge in [-0.25, -0.2) is 8.78 Å². The smallest absolute Gasteiger partial charge is 0.303 e. The summed E-state index contributed by atoms with van der Waals surface area (Å²) in [5.74, 6) is -2.70. The predicted octanol–water partition coefficient (Wildman–Crippen LogP) is 0.0814. The normalized spacial score (nSPS) is 16.3. The number of aliphatic hydroxyl groups excluding tert-OH is 1. The lowest BCUT2D eigenvalue weighted by molar-refractivity contribution is -0.192. The zero-order valence-electron chi connectivity index (χ0n) is 11.9. The van der Waals surface area contributed by atoms with Crippen LogP contribution in [-0.2, 0) is 28.6 Å². The number of carbonyl (C=O) groups excluding carboxylic acids is 3. The summed E-state index contributed by atoms with van der Waals surface area (Å²) < 4.78 is 40.2. The van der Waals surface area contributed by atoms with Crippen molar-refractivity contribution in [2.24, 2.45) is 0 Å². The Morgan fingerprint density at radius 3 is 1.71 bits per heavy atom. The molecular formula is C12H18F2O7. The number of hydrogen-bond donors (Lipinski definition) is 1. The molecule has 0 amide bonds. The number of aliphatic hydroxyl groups is 1. The number of halogens is 2. The zero-order valence-corrected chi connectivity index (χ0v) is 11.9. The highest BCUT2D eigenvalue weighted by Crippen LogP contribution is 2.19. The van der Waals surface area contributed by atoms with Gasteiger partial charge in [0.25, 0.3) is 0 Å². The van der Waals surface area contributed by atoms with Crippen molar-refractivity contribution in [2.75, 3.05) is 13.3 Å². The van der Waals surface area contributed by atoms with Crippen molar-refractivity contribution >= 4 is 17.9 Å². The molecule has 0 unspecified atom stereocenters. The Morgan fingerprint density at radius 1 is 0.952 bits per heavy atom. The first-order chi connectivity index (χ1) is 9.72. The van der Waals surface area contributed by atoms with Crippen molar-refractivity contribution < 1.29 is 42.5 Å². The molecule has 7 nitrogen and oxygen atoms in total. The van der Waals surface area contributed by atoms with Gasteiger partial charge in [-0.15, -0.1) is 0 Å². The van der Waals surface area contributed by atoms with Crippen LogP contribution in [0.3, 0.4) is 0 Å². The van der Waals surface area contributed by atoms with E-state index in [4.69, 9.17) is 4.74 Å². The first-order valence-electron chi connectivity index (χ1n) is 6.05. The monoisotopic (exact) mass is 312 g/mol. The third-order valence-electron chi connectivity index (χ3n) is 2.30. The lowest BCUT2D eigenvalue weighted by Crippen LogP contribution is -2.51. The maximum Gasteiger partial charge on any atom is 0.303 e. The van der Waals surface area contributed by atoms with Crippen LogP contribution in [0.5, 0.6) is 0 Å². The summed E-state index contributed by atoms with van der Waals surface area (Å²) in [6.07, 6.45) is -7.35. The third kappa shape index (κ3) is 6.98. The summed E-state index contributed by atoms with van der Waals surface area (Å²) in [4.78, 5) is 33.0. The fourth-order valence-corrected chi connectivity index (χ4v) is 1.59. The molecule has 9 heteroatoms. The molecule has 122 valence electrons. The Labute approximate surface area is 120 Å². The zero-order chi connectivity index (χ0) is 16.6. The summed E-state index contributed by atoms with van der Waals surface area (Å²) >= 11 is 0. The second-order valence-corrected chi connectivity index (χ2v) is 4.15. The molecule has 0 fully saturated rings. The molecule has 0 radical (unpaired) electrons. The van der Waals surface area contributed by atoms with Crippen LogP contribution in [0.25, 0.3) is 0 Å². The van der Waals surface area contributed by atoms with Gasteiger partial charge in [0, 0.05) is 20.8 Å². The Balaban J connectivity index is 5.40. The van der Waals surface area contributed by atoms with Crippen molar-refractivity contribution in [3.8, 4) is 0 Å². The highest BCUT2D eigenvalue weighted by molar-refractivity contribution is 5.68. The second-order valence-electron chi connectivity index (χ2n) is 4.15. The molecule has 0 saturated heterocycles. The minimum Gasteiger partial charge on any atom is -0.456 e. The van der Waals surface area contributed by atoms with Crippen LogP contribution in [0.1, 0.15) is 20.8 Å². The highest BCUT2D eigenvalue weighted by Gasteiger charge is 2.41. The van der Waals surface area contributed by atoms with Crippen LogP contribution >= 0.6 is 0 Å². The van der Waals surface area contributed by atoms with E-state index in [9.17, 15) is 28.3 Å². The standard InChI is InChI=1S/C12H18F2O7/c1-6(16)19-10(5-15)12(21-8(3)18)11(9(14)4-13)20-7(2)17/h9-12,15H,4-5H2,1-3H3/t9-,10+,11+,12-/m0/s1. The van der Waals surface area contributed by atoms with Crippen LogP contribution in [0.4, 0.5) is 8.78 Å². The fourth-order valence-electron chi connectivity index (χ4n) is 1.59. The van der Waals surface area contributed by atoms with Gasteiger partial charge in [0.05, 0.1) is 6.61 Å². The van der Waals surface area contributed by atoms with Crippen molar-refractivity contribution in [1.82, 2.24) is 0 Å². The number of hydrogen-bond acceptors (Lipinski definition) is 7. The number of rotatable bonds is 8. The topological polar surface area (TPSA) is 99.1 Å². The molecule has 0 aliphatic carbocycles. The van der Waals surface area contributed by atoms with Gasteiger partial charge >= 0.3 is 17.9 Å². The number of alkyl halides is 2. The van der Waals surface area contributed by atoms with Crippen LogP contribution in [0, 0.1) is 0 Å². The predicted molar refractivity (Wildman–Crippen MR) is 64.6 cm³/mol. The summed E-state index contributed by atoms with van der Waals surface area (Å²) in [5, 5.41) is 9.17. The fraction of sp³-hybridized carbons (Fsp3) is 0.750. The first kappa shape index (κ1) is 19.2. The minimum atomic E-state index is -2.32. The van der Waals surface area contributed by atoms with Crippen molar-refractivity contribution in [3.05, 3.63) is 0 Å². The Hall–Kier alpha value is -1.77. The van der Waals surface area contributed by atoms with Gasteiger partial charge in [-0.3, -0.25) is 14.4 Å². The van der Waals surface area contributed by atoms with E-state index in [1.54, 1.807) is 0 Å². The first-order valence-corrected chi connectivity index (χ1v) is 6.05. The molecule has 0 rings (SSSR count). The maximum absolute atomic E-state index is 13.6. The molecule has 0 aliphatic rings. The Morgan fingerprint density at radius 2 is 1.38 bits per heavy atom. The Bertz CT molecular complexity index is 375. The molecule has 0 aliphatic heterocycles. The lowest BCUT2D eigenvalue weighted by atomic mass is 10.0. The number of esters is 3. The van der Waals surface area contributed by atoms with Crippen LogP contribution in [0.2, 0.25) is 0 Å². The van der Waals surface area contributed by atoms with Crippen molar-refractivity contribution in [2.45, 2.75) is 45.3 Å². The van der Waals surface area contributed by atoms with Gasteiger partial charge in [-0.1, -0.05) is 0 Å². The molecule has 0 spiro atoms. The van der Waals surface area contributed by atoms with Gasteiger partial charge < -0.3 is 19.3 Å². The van der Waals surface area contributed by atoms with E-state index in [0.29, 0.717) is 0 Å². The molecule has 4 atom stereocenters. The molecule has 0 heterocycles. The average molecular weight is 312 g/mol. The van der Waals surface area contributed by atoms with E-state index in [-0.39, 0.29) is 0 Å². The molecule has 21 heavy (non-hydrogen) atoms. The van der Waals surface area contributed by atoms with Crippen molar-refractivity contribution in [1.29, 1.82) is 0 Å². The molecule has 0 aromatic carbocycles. The quantitative estimate of drug-likeness (QED) is 0.500. The van der Waals surface area contributed by atoms with Gasteiger partial charge in [0.1, 0.15) is 6.67 Å². The van der Waals surface area contributed by atoms with E-state index >= 15 is 0 Å². The van der Waals surface area contributed by atoms with Crippen LogP contribution in [0.15, 0.2) is 0 Å². The summed E-state index contributed by atoms with van der Waals surface area (Å²) in [7, 11) is 0. The Kier molecular flexibility index (Phi) is 8.44. The third-order valence-corrected chi connectivity index (χ3v) is 2.30. The van der Waals surface area contributed by atoms with E-state index in [2.05, 4.69) is 9.47 Å². The van der Waals surface area contributed by atoms with Gasteiger partial charge in [0.2, 0.25) is 0 Å². The summed E-state index contributed by atoms with van der Waals surface area (Å²) in [6, 6.07) is 0. The molecule has 0 bridgehead atoms. The van der Waals surface area contributed by atoms with Gasteiger partial charge in [0.15, 0.2) is 24.5 Å². The van der Waals surface area contributed by atoms with E-state index < -0.39 is 55.7 Å². The number of carbonyl (C=O) groups is 3. The van der Waals surface area contributed by atoms with Gasteiger partial charge in [-0.05, 0) is 0 Å². The van der Waals surface area contributed by atoms with Crippen LogP contribution in [-0.4, -0.2) is 60.8 Å². The molecular weight excluding hydrogens is 294 g/mol. The van der Waals surface area contributed by atoms with E-state index in [1.165, 1.54) is 0 Å². The largest absolute Gasteiger partial charge is 0.456 e. The highest BCUT2D eigenvalue weighted by atomic mass is 19.2. The maximum atomic E-state index is 13.6. The lowest BCUT2D eigenvalue weighted by Gasteiger charge is -2.31. The average Bonchev–Trinajstić information content (AvgIpc) is 2.38. The van der Waals surface area contributed by atoms with E-state index in [1.807, 2.05) is 0 Å². The summed E-state index contributed by atoms with van der Waals surface area (Å²) in [5.41, 5.74) is 0. The van der Waals surface area contributed by atoms with Gasteiger partial charge in [-0.2, -0.15) is 0 Å². The van der Waals surface area contributed by atoms with Crippen molar-refractivity contribution in [3.63, 3.8) is 0 Å². The minimum absolute atomic E-state index is 0.839.